The number of rotatable bonds is 6. The fraction of sp³-hybridized carbons (Fsp3) is 0.611. The van der Waals surface area contributed by atoms with E-state index in [-0.39, 0.29) is 17.4 Å². The molecular weight excluding hydrogens is 326 g/mol. The van der Waals surface area contributed by atoms with Crippen LogP contribution in [0.25, 0.3) is 0 Å². The monoisotopic (exact) mass is 351 g/mol. The largest absolute Gasteiger partial charge is 0.342 e. The van der Waals surface area contributed by atoms with Gasteiger partial charge in [-0.1, -0.05) is 17.7 Å². The van der Waals surface area contributed by atoms with E-state index in [1.54, 1.807) is 24.3 Å². The minimum Gasteiger partial charge on any atom is -0.342 e. The average molecular weight is 351 g/mol. The van der Waals surface area contributed by atoms with Crippen molar-refractivity contribution in [3.8, 4) is 0 Å². The van der Waals surface area contributed by atoms with Gasteiger partial charge in [0, 0.05) is 19.0 Å². The number of hydrogen-bond acceptors (Lipinski definition) is 4. The van der Waals surface area contributed by atoms with E-state index in [9.17, 15) is 13.2 Å². The van der Waals surface area contributed by atoms with Gasteiger partial charge in [0.2, 0.25) is 5.91 Å². The Kier molecular flexibility index (Phi) is 5.25. The van der Waals surface area contributed by atoms with Crippen molar-refractivity contribution in [2.75, 3.05) is 19.7 Å². The van der Waals surface area contributed by atoms with Crippen LogP contribution in [-0.4, -0.2) is 38.9 Å². The Morgan fingerprint density at radius 3 is 2.33 bits per heavy atom. The van der Waals surface area contributed by atoms with Gasteiger partial charge < -0.3 is 4.90 Å². The molecule has 1 aliphatic carbocycles. The van der Waals surface area contributed by atoms with Gasteiger partial charge in [-0.3, -0.25) is 8.98 Å². The molecule has 1 saturated carbocycles. The summed E-state index contributed by atoms with van der Waals surface area (Å²) >= 11 is 0. The summed E-state index contributed by atoms with van der Waals surface area (Å²) in [7, 11) is -3.67. The maximum Gasteiger partial charge on any atom is 0.296 e. The van der Waals surface area contributed by atoms with E-state index >= 15 is 0 Å². The van der Waals surface area contributed by atoms with Crippen LogP contribution in [0.1, 0.15) is 37.7 Å². The van der Waals surface area contributed by atoms with Gasteiger partial charge in [0.15, 0.2) is 0 Å². The zero-order chi connectivity index (χ0) is 17.2. The molecule has 1 heterocycles. The van der Waals surface area contributed by atoms with E-state index in [1.807, 2.05) is 11.8 Å². The molecule has 1 aromatic carbocycles. The molecule has 2 aliphatic rings. The summed E-state index contributed by atoms with van der Waals surface area (Å²) in [6.07, 6.45) is 4.68. The van der Waals surface area contributed by atoms with E-state index in [0.717, 1.165) is 50.8 Å². The first-order chi connectivity index (χ1) is 11.5. The predicted molar refractivity (Wildman–Crippen MR) is 91.0 cm³/mol. The van der Waals surface area contributed by atoms with Crippen molar-refractivity contribution in [1.82, 2.24) is 4.90 Å². The normalized spacial score (nSPS) is 19.5. The molecular formula is C18H25NO4S. The molecule has 3 rings (SSSR count). The molecule has 1 amide bonds. The number of nitrogens with zero attached hydrogens (tertiary/aromatic N) is 1. The molecule has 0 spiro atoms. The average Bonchev–Trinajstić information content (AvgIpc) is 3.40. The van der Waals surface area contributed by atoms with Crippen LogP contribution in [0.5, 0.6) is 0 Å². The lowest BCUT2D eigenvalue weighted by Gasteiger charge is -2.32. The highest BCUT2D eigenvalue weighted by Crippen LogP contribution is 2.32. The van der Waals surface area contributed by atoms with Gasteiger partial charge in [0.05, 0.1) is 11.5 Å². The summed E-state index contributed by atoms with van der Waals surface area (Å²) in [5.74, 6) is 1.03. The summed E-state index contributed by atoms with van der Waals surface area (Å²) in [6, 6.07) is 6.69. The highest BCUT2D eigenvalue weighted by atomic mass is 32.2. The Labute approximate surface area is 144 Å². The first kappa shape index (κ1) is 17.4. The summed E-state index contributed by atoms with van der Waals surface area (Å²) in [4.78, 5) is 14.2. The van der Waals surface area contributed by atoms with Crippen molar-refractivity contribution in [3.63, 3.8) is 0 Å². The van der Waals surface area contributed by atoms with Gasteiger partial charge in [-0.2, -0.15) is 8.42 Å². The van der Waals surface area contributed by atoms with E-state index in [0.29, 0.717) is 11.8 Å². The molecule has 2 fully saturated rings. The third kappa shape index (κ3) is 4.36. The van der Waals surface area contributed by atoms with Gasteiger partial charge in [-0.05, 0) is 57.1 Å². The minimum atomic E-state index is -3.67. The molecule has 24 heavy (non-hydrogen) atoms. The second-order valence-corrected chi connectivity index (χ2v) is 8.54. The Bertz CT molecular complexity index is 671. The number of aryl methyl sites for hydroxylation is 1. The molecule has 5 nitrogen and oxygen atoms in total. The molecule has 1 aromatic rings. The molecule has 0 aromatic heterocycles. The number of carbonyl (C=O) groups excluding carboxylic acids is 1. The Hall–Kier alpha value is -1.40. The molecule has 6 heteroatoms. The number of amides is 1. The fourth-order valence-electron chi connectivity index (χ4n) is 3.13. The molecule has 132 valence electrons. The van der Waals surface area contributed by atoms with Gasteiger partial charge in [0.1, 0.15) is 0 Å². The van der Waals surface area contributed by atoms with Gasteiger partial charge in [0.25, 0.3) is 10.1 Å². The Balaban J connectivity index is 1.42. The number of hydrogen-bond donors (Lipinski definition) is 0. The van der Waals surface area contributed by atoms with E-state index in [4.69, 9.17) is 4.18 Å². The molecule has 1 saturated heterocycles. The van der Waals surface area contributed by atoms with Gasteiger partial charge in [-0.25, -0.2) is 0 Å². The molecule has 1 aliphatic heterocycles. The first-order valence-electron chi connectivity index (χ1n) is 8.70. The lowest BCUT2D eigenvalue weighted by Crippen LogP contribution is -2.39. The Morgan fingerprint density at radius 1 is 1.12 bits per heavy atom. The Morgan fingerprint density at radius 2 is 1.75 bits per heavy atom. The van der Waals surface area contributed by atoms with E-state index in [1.165, 1.54) is 0 Å². The van der Waals surface area contributed by atoms with Gasteiger partial charge in [-0.15, -0.1) is 0 Å². The fourth-order valence-corrected chi connectivity index (χ4v) is 4.05. The number of carbonyl (C=O) groups is 1. The first-order valence-corrected chi connectivity index (χ1v) is 10.1. The predicted octanol–water partition coefficient (Wildman–Crippen LogP) is 2.74. The summed E-state index contributed by atoms with van der Waals surface area (Å²) in [5, 5.41) is 0. The van der Waals surface area contributed by atoms with E-state index in [2.05, 4.69) is 0 Å². The number of likely N-dealkylation sites (tertiary alicyclic amines) is 1. The van der Waals surface area contributed by atoms with Crippen molar-refractivity contribution in [2.45, 2.75) is 43.9 Å². The zero-order valence-corrected chi connectivity index (χ0v) is 14.9. The standard InChI is InChI=1S/C18H25NO4S/c1-14-2-6-17(7-3-14)24(21,22)23-13-10-15-8-11-19(12-9-15)18(20)16-4-5-16/h2-3,6-7,15-16H,4-5,8-13H2,1H3. The van der Waals surface area contributed by atoms with Crippen molar-refractivity contribution in [3.05, 3.63) is 29.8 Å². The zero-order valence-electron chi connectivity index (χ0n) is 14.1. The molecule has 0 radical (unpaired) electrons. The maximum atomic E-state index is 12.1. The van der Waals surface area contributed by atoms with Crippen molar-refractivity contribution < 1.29 is 17.4 Å². The van der Waals surface area contributed by atoms with Crippen LogP contribution in [0.15, 0.2) is 29.2 Å². The summed E-state index contributed by atoms with van der Waals surface area (Å²) in [6.45, 7) is 3.71. The number of piperidine rings is 1. The minimum absolute atomic E-state index is 0.206. The maximum absolute atomic E-state index is 12.1. The third-order valence-corrected chi connectivity index (χ3v) is 6.25. The van der Waals surface area contributed by atoms with Gasteiger partial charge >= 0.3 is 0 Å². The molecule has 0 unspecified atom stereocenters. The third-order valence-electron chi connectivity index (χ3n) is 4.93. The highest BCUT2D eigenvalue weighted by molar-refractivity contribution is 7.86. The van der Waals surface area contributed by atoms with Crippen LogP contribution < -0.4 is 0 Å². The van der Waals surface area contributed by atoms with Crippen molar-refractivity contribution in [1.29, 1.82) is 0 Å². The van der Waals surface area contributed by atoms with Crippen molar-refractivity contribution in [2.24, 2.45) is 11.8 Å². The lowest BCUT2D eigenvalue weighted by molar-refractivity contribution is -0.134. The van der Waals surface area contributed by atoms with E-state index < -0.39 is 10.1 Å². The molecule has 0 atom stereocenters. The van der Waals surface area contributed by atoms with Crippen LogP contribution in [0.3, 0.4) is 0 Å². The highest BCUT2D eigenvalue weighted by Gasteiger charge is 2.34. The smallest absolute Gasteiger partial charge is 0.296 e. The SMILES string of the molecule is Cc1ccc(S(=O)(=O)OCCC2CCN(C(=O)C3CC3)CC2)cc1. The lowest BCUT2D eigenvalue weighted by atomic mass is 9.94. The molecule has 0 bridgehead atoms. The quantitative estimate of drug-likeness (QED) is 0.739. The van der Waals surface area contributed by atoms with Crippen LogP contribution in [0.2, 0.25) is 0 Å². The topological polar surface area (TPSA) is 63.7 Å². The molecule has 0 N–H and O–H groups in total. The van der Waals surface area contributed by atoms with Crippen LogP contribution in [-0.2, 0) is 19.1 Å². The van der Waals surface area contributed by atoms with Crippen LogP contribution in [0, 0.1) is 18.8 Å². The second kappa shape index (κ2) is 7.23. The summed E-state index contributed by atoms with van der Waals surface area (Å²) < 4.78 is 29.4. The van der Waals surface area contributed by atoms with Crippen LogP contribution >= 0.6 is 0 Å². The second-order valence-electron chi connectivity index (χ2n) is 6.92. The van der Waals surface area contributed by atoms with Crippen molar-refractivity contribution >= 4 is 16.0 Å². The summed E-state index contributed by atoms with van der Waals surface area (Å²) in [5.41, 5.74) is 1.02. The van der Waals surface area contributed by atoms with Crippen LogP contribution in [0.4, 0.5) is 0 Å². The number of benzene rings is 1.